The lowest BCUT2D eigenvalue weighted by molar-refractivity contribution is -0.121. The quantitative estimate of drug-likeness (QED) is 0.890. The largest absolute Gasteiger partial charge is 0.496 e. The SMILES string of the molecule is COc1ccc(F)cc1CC(=O)N[C@H]1CCCN(C(=O)OC(C)(C)C)C1. The first-order valence-corrected chi connectivity index (χ1v) is 8.77. The van der Waals surface area contributed by atoms with Crippen molar-refractivity contribution in [3.05, 3.63) is 29.6 Å². The van der Waals surface area contributed by atoms with Gasteiger partial charge in [-0.05, 0) is 51.8 Å². The normalized spacial score (nSPS) is 17.6. The molecule has 0 aromatic heterocycles. The van der Waals surface area contributed by atoms with Crippen LogP contribution in [0.2, 0.25) is 0 Å². The van der Waals surface area contributed by atoms with Crippen LogP contribution >= 0.6 is 0 Å². The molecular weight excluding hydrogens is 339 g/mol. The third kappa shape index (κ3) is 5.89. The summed E-state index contributed by atoms with van der Waals surface area (Å²) in [6.45, 7) is 6.47. The monoisotopic (exact) mass is 366 g/mol. The summed E-state index contributed by atoms with van der Waals surface area (Å²) in [4.78, 5) is 26.1. The molecule has 0 unspecified atom stereocenters. The van der Waals surface area contributed by atoms with Gasteiger partial charge in [-0.25, -0.2) is 9.18 Å². The molecule has 6 nitrogen and oxygen atoms in total. The summed E-state index contributed by atoms with van der Waals surface area (Å²) in [6.07, 6.45) is 1.21. The minimum absolute atomic E-state index is 0.0177. The molecule has 1 fully saturated rings. The molecule has 1 aliphatic heterocycles. The highest BCUT2D eigenvalue weighted by Crippen LogP contribution is 2.20. The summed E-state index contributed by atoms with van der Waals surface area (Å²) in [5.74, 6) is -0.173. The van der Waals surface area contributed by atoms with E-state index in [-0.39, 0.29) is 24.5 Å². The number of hydrogen-bond acceptors (Lipinski definition) is 4. The van der Waals surface area contributed by atoms with Crippen molar-refractivity contribution in [1.82, 2.24) is 10.2 Å². The molecule has 1 aliphatic rings. The molecule has 26 heavy (non-hydrogen) atoms. The van der Waals surface area contributed by atoms with Gasteiger partial charge in [-0.2, -0.15) is 0 Å². The van der Waals surface area contributed by atoms with Crippen LogP contribution in [0.15, 0.2) is 18.2 Å². The van der Waals surface area contributed by atoms with E-state index in [1.165, 1.54) is 25.3 Å². The van der Waals surface area contributed by atoms with Crippen LogP contribution in [-0.4, -0.2) is 48.7 Å². The van der Waals surface area contributed by atoms with Gasteiger partial charge in [-0.15, -0.1) is 0 Å². The number of amides is 2. The third-order valence-electron chi connectivity index (χ3n) is 4.03. The zero-order chi connectivity index (χ0) is 19.3. The summed E-state index contributed by atoms with van der Waals surface area (Å²) in [5.41, 5.74) is -0.0638. The van der Waals surface area contributed by atoms with E-state index in [1.54, 1.807) is 4.90 Å². The van der Waals surface area contributed by atoms with Crippen molar-refractivity contribution in [2.24, 2.45) is 0 Å². The fourth-order valence-electron chi connectivity index (χ4n) is 2.92. The van der Waals surface area contributed by atoms with Gasteiger partial charge in [0, 0.05) is 24.7 Å². The summed E-state index contributed by atoms with van der Waals surface area (Å²) in [7, 11) is 1.48. The zero-order valence-corrected chi connectivity index (χ0v) is 15.8. The van der Waals surface area contributed by atoms with E-state index < -0.39 is 11.4 Å². The second kappa shape index (κ2) is 8.38. The molecule has 144 valence electrons. The Kier molecular flexibility index (Phi) is 6.45. The first kappa shape index (κ1) is 20.0. The van der Waals surface area contributed by atoms with Gasteiger partial charge < -0.3 is 19.7 Å². The van der Waals surface area contributed by atoms with E-state index in [2.05, 4.69) is 5.32 Å². The lowest BCUT2D eigenvalue weighted by atomic mass is 10.0. The summed E-state index contributed by atoms with van der Waals surface area (Å²) < 4.78 is 24.0. The molecule has 0 saturated carbocycles. The lowest BCUT2D eigenvalue weighted by Gasteiger charge is -2.34. The van der Waals surface area contributed by atoms with Crippen molar-refractivity contribution >= 4 is 12.0 Å². The third-order valence-corrected chi connectivity index (χ3v) is 4.03. The van der Waals surface area contributed by atoms with Crippen molar-refractivity contribution in [2.45, 2.75) is 51.7 Å². The first-order valence-electron chi connectivity index (χ1n) is 8.77. The number of carbonyl (C=O) groups excluding carboxylic acids is 2. The average molecular weight is 366 g/mol. The molecule has 1 atom stereocenters. The van der Waals surface area contributed by atoms with Crippen LogP contribution in [-0.2, 0) is 16.0 Å². The Labute approximate surface area is 153 Å². The molecule has 1 N–H and O–H groups in total. The smallest absolute Gasteiger partial charge is 0.410 e. The fraction of sp³-hybridized carbons (Fsp3) is 0.579. The van der Waals surface area contributed by atoms with Crippen LogP contribution in [0.5, 0.6) is 5.75 Å². The van der Waals surface area contributed by atoms with Crippen molar-refractivity contribution < 1.29 is 23.5 Å². The Bertz CT molecular complexity index is 657. The van der Waals surface area contributed by atoms with Crippen molar-refractivity contribution in [3.8, 4) is 5.75 Å². The Hall–Kier alpha value is -2.31. The van der Waals surface area contributed by atoms with Crippen molar-refractivity contribution in [1.29, 1.82) is 0 Å². The number of piperidine rings is 1. The predicted molar refractivity (Wildman–Crippen MR) is 95.6 cm³/mol. The van der Waals surface area contributed by atoms with Crippen LogP contribution in [0.25, 0.3) is 0 Å². The highest BCUT2D eigenvalue weighted by atomic mass is 19.1. The maximum absolute atomic E-state index is 13.4. The van der Waals surface area contributed by atoms with Gasteiger partial charge in [0.25, 0.3) is 0 Å². The first-order chi connectivity index (χ1) is 12.2. The molecule has 7 heteroatoms. The number of likely N-dealkylation sites (tertiary alicyclic amines) is 1. The van der Waals surface area contributed by atoms with Gasteiger partial charge >= 0.3 is 6.09 Å². The highest BCUT2D eigenvalue weighted by molar-refractivity contribution is 5.79. The summed E-state index contributed by atoms with van der Waals surface area (Å²) in [6, 6.07) is 3.94. The second-order valence-corrected chi connectivity index (χ2v) is 7.47. The number of rotatable bonds is 4. The average Bonchev–Trinajstić information content (AvgIpc) is 2.53. The minimum atomic E-state index is -0.554. The van der Waals surface area contributed by atoms with E-state index in [1.807, 2.05) is 20.8 Å². The van der Waals surface area contributed by atoms with Crippen molar-refractivity contribution in [2.75, 3.05) is 20.2 Å². The Morgan fingerprint density at radius 2 is 2.08 bits per heavy atom. The molecule has 0 bridgehead atoms. The number of nitrogens with zero attached hydrogens (tertiary/aromatic N) is 1. The Morgan fingerprint density at radius 1 is 1.35 bits per heavy atom. The molecular formula is C19H27FN2O4. The molecule has 0 radical (unpaired) electrons. The van der Waals surface area contributed by atoms with Crippen LogP contribution in [0.3, 0.4) is 0 Å². The zero-order valence-electron chi connectivity index (χ0n) is 15.8. The van der Waals surface area contributed by atoms with Gasteiger partial charge in [-0.1, -0.05) is 0 Å². The minimum Gasteiger partial charge on any atom is -0.496 e. The number of benzene rings is 1. The Morgan fingerprint density at radius 3 is 2.73 bits per heavy atom. The molecule has 1 saturated heterocycles. The number of carbonyl (C=O) groups is 2. The number of methoxy groups -OCH3 is 1. The number of halogens is 1. The van der Waals surface area contributed by atoms with E-state index >= 15 is 0 Å². The molecule has 1 aromatic rings. The van der Waals surface area contributed by atoms with Crippen LogP contribution in [0.1, 0.15) is 39.2 Å². The predicted octanol–water partition coefficient (Wildman–Crippen LogP) is 2.89. The second-order valence-electron chi connectivity index (χ2n) is 7.47. The maximum atomic E-state index is 13.4. The van der Waals surface area contributed by atoms with Crippen LogP contribution in [0.4, 0.5) is 9.18 Å². The maximum Gasteiger partial charge on any atom is 0.410 e. The standard InChI is InChI=1S/C19H27FN2O4/c1-19(2,3)26-18(24)22-9-5-6-15(12-22)21-17(23)11-13-10-14(20)7-8-16(13)25-4/h7-8,10,15H,5-6,9,11-12H2,1-4H3,(H,21,23)/t15-/m0/s1. The highest BCUT2D eigenvalue weighted by Gasteiger charge is 2.28. The molecule has 0 aliphatic carbocycles. The summed E-state index contributed by atoms with van der Waals surface area (Å²) in [5, 5.41) is 2.92. The Balaban J connectivity index is 1.93. The lowest BCUT2D eigenvalue weighted by Crippen LogP contribution is -2.51. The number of nitrogens with one attached hydrogen (secondary N) is 1. The van der Waals surface area contributed by atoms with Crippen molar-refractivity contribution in [3.63, 3.8) is 0 Å². The van der Waals surface area contributed by atoms with Gasteiger partial charge in [-0.3, -0.25) is 4.79 Å². The van der Waals surface area contributed by atoms with Crippen LogP contribution in [0, 0.1) is 5.82 Å². The van der Waals surface area contributed by atoms with Gasteiger partial charge in [0.15, 0.2) is 0 Å². The molecule has 2 rings (SSSR count). The topological polar surface area (TPSA) is 67.9 Å². The van der Waals surface area contributed by atoms with Gasteiger partial charge in [0.2, 0.25) is 5.91 Å². The fourth-order valence-corrected chi connectivity index (χ4v) is 2.92. The number of ether oxygens (including phenoxy) is 2. The summed E-state index contributed by atoms with van der Waals surface area (Å²) >= 11 is 0. The molecule has 0 spiro atoms. The number of hydrogen-bond donors (Lipinski definition) is 1. The molecule has 1 aromatic carbocycles. The van der Waals surface area contributed by atoms with Gasteiger partial charge in [0.05, 0.1) is 13.5 Å². The van der Waals surface area contributed by atoms with Crippen LogP contribution < -0.4 is 10.1 Å². The molecule has 2 amide bonds. The van der Waals surface area contributed by atoms with Gasteiger partial charge in [0.1, 0.15) is 17.2 Å². The van der Waals surface area contributed by atoms with E-state index in [0.717, 1.165) is 12.8 Å². The van der Waals surface area contributed by atoms with E-state index in [0.29, 0.717) is 24.4 Å². The molecule has 1 heterocycles. The van der Waals surface area contributed by atoms with E-state index in [4.69, 9.17) is 9.47 Å². The van der Waals surface area contributed by atoms with E-state index in [9.17, 15) is 14.0 Å².